The van der Waals surface area contributed by atoms with Crippen molar-refractivity contribution in [3.05, 3.63) is 5.01 Å². The van der Waals surface area contributed by atoms with Crippen LogP contribution in [0.3, 0.4) is 0 Å². The maximum atomic E-state index is 12.3. The Bertz CT molecular complexity index is 440. The molecule has 6 nitrogen and oxygen atoms in total. The predicted molar refractivity (Wildman–Crippen MR) is 44.2 cm³/mol. The predicted octanol–water partition coefficient (Wildman–Crippen LogP) is 0.373. The monoisotopic (exact) mass is 240 g/mol. The van der Waals surface area contributed by atoms with E-state index in [2.05, 4.69) is 14.9 Å². The summed E-state index contributed by atoms with van der Waals surface area (Å²) in [7, 11) is -4.89. The summed E-state index contributed by atoms with van der Waals surface area (Å²) in [5, 5.41) is 5.88. The summed E-state index contributed by atoms with van der Waals surface area (Å²) in [5.41, 5.74) is 0. The molecule has 1 heterocycles. The highest BCUT2D eigenvalue weighted by Crippen LogP contribution is 2.17. The van der Waals surface area contributed by atoms with Crippen molar-refractivity contribution in [1.82, 2.24) is 10.2 Å². The van der Waals surface area contributed by atoms with E-state index in [1.54, 1.807) is 6.92 Å². The molecule has 0 aliphatic carbocycles. The molecule has 0 unspecified atom stereocenters. The van der Waals surface area contributed by atoms with Crippen LogP contribution in [-0.4, -0.2) is 31.2 Å². The average Bonchev–Trinajstić information content (AvgIpc) is 2.51. The highest BCUT2D eigenvalue weighted by atomic mass is 32.3. The second-order valence-corrected chi connectivity index (χ2v) is 4.53. The van der Waals surface area contributed by atoms with Crippen LogP contribution >= 0.6 is 11.3 Å². The lowest BCUT2D eigenvalue weighted by Gasteiger charge is -1.93. The van der Waals surface area contributed by atoms with Crippen molar-refractivity contribution >= 4 is 27.5 Å². The third-order valence-electron chi connectivity index (χ3n) is 1.07. The molecular weight excluding hydrogens is 235 g/mol. The highest BCUT2D eigenvalue weighted by Gasteiger charge is 2.22. The summed E-state index contributed by atoms with van der Waals surface area (Å²) in [6.45, 7) is 1.70. The van der Waals surface area contributed by atoms with E-state index < -0.39 is 20.5 Å². The third kappa shape index (κ3) is 2.45. The molecule has 14 heavy (non-hydrogen) atoms. The van der Waals surface area contributed by atoms with E-state index in [9.17, 15) is 17.1 Å². The van der Waals surface area contributed by atoms with Crippen molar-refractivity contribution in [2.24, 2.45) is 0 Å². The lowest BCUT2D eigenvalue weighted by atomic mass is 10.7. The molecule has 1 aromatic rings. The van der Waals surface area contributed by atoms with Gasteiger partial charge in [0.1, 0.15) is 0 Å². The van der Waals surface area contributed by atoms with Gasteiger partial charge in [0.05, 0.1) is 6.61 Å². The zero-order valence-corrected chi connectivity index (χ0v) is 8.56. The molecule has 9 heteroatoms. The zero-order valence-electron chi connectivity index (χ0n) is 6.93. The Morgan fingerprint density at radius 2 is 2.21 bits per heavy atom. The van der Waals surface area contributed by atoms with Crippen LogP contribution in [0.25, 0.3) is 0 Å². The number of halogens is 1. The van der Waals surface area contributed by atoms with Gasteiger partial charge >= 0.3 is 16.2 Å². The molecule has 0 atom stereocenters. The molecule has 0 saturated carbocycles. The largest absolute Gasteiger partial charge is 0.461 e. The number of nitrogens with zero attached hydrogens (tertiary/aromatic N) is 2. The average molecular weight is 240 g/mol. The molecular formula is C5H5FN2O4S2. The zero-order chi connectivity index (χ0) is 10.8. The van der Waals surface area contributed by atoms with Crippen molar-refractivity contribution in [1.29, 1.82) is 0 Å². The number of aromatic nitrogens is 2. The van der Waals surface area contributed by atoms with E-state index in [1.807, 2.05) is 0 Å². The third-order valence-corrected chi connectivity index (χ3v) is 3.11. The molecule has 1 rings (SSSR count). The van der Waals surface area contributed by atoms with Crippen molar-refractivity contribution < 1.29 is 21.8 Å². The van der Waals surface area contributed by atoms with Gasteiger partial charge in [0.2, 0.25) is 5.01 Å². The summed E-state index contributed by atoms with van der Waals surface area (Å²) in [5.74, 6) is -0.820. The Morgan fingerprint density at radius 3 is 2.64 bits per heavy atom. The first-order valence-corrected chi connectivity index (χ1v) is 5.60. The lowest BCUT2D eigenvalue weighted by Crippen LogP contribution is -2.03. The minimum Gasteiger partial charge on any atom is -0.461 e. The van der Waals surface area contributed by atoms with Gasteiger partial charge in [-0.05, 0) is 6.92 Å². The van der Waals surface area contributed by atoms with Gasteiger partial charge in [0.15, 0.2) is 0 Å². The summed E-state index contributed by atoms with van der Waals surface area (Å²) < 4.78 is 36.6. The van der Waals surface area contributed by atoms with Crippen LogP contribution in [-0.2, 0) is 15.0 Å². The van der Waals surface area contributed by atoms with Crippen molar-refractivity contribution in [2.45, 2.75) is 11.3 Å². The van der Waals surface area contributed by atoms with Crippen molar-refractivity contribution in [2.75, 3.05) is 6.61 Å². The summed E-state index contributed by atoms with van der Waals surface area (Å²) >= 11 is 0.328. The molecule has 0 radical (unpaired) electrons. The van der Waals surface area contributed by atoms with Crippen molar-refractivity contribution in [3.63, 3.8) is 0 Å². The fourth-order valence-electron chi connectivity index (χ4n) is 0.584. The van der Waals surface area contributed by atoms with Gasteiger partial charge in [0.25, 0.3) is 4.34 Å². The number of ether oxygens (including phenoxy) is 1. The van der Waals surface area contributed by atoms with E-state index in [0.717, 1.165) is 0 Å². The van der Waals surface area contributed by atoms with Crippen molar-refractivity contribution in [3.8, 4) is 0 Å². The molecule has 0 aliphatic heterocycles. The Labute approximate surface area is 82.9 Å². The number of hydrogen-bond acceptors (Lipinski definition) is 7. The molecule has 0 bridgehead atoms. The fraction of sp³-hybridized carbons (Fsp3) is 0.400. The summed E-state index contributed by atoms with van der Waals surface area (Å²) in [4.78, 5) is 11.0. The van der Waals surface area contributed by atoms with E-state index in [0.29, 0.717) is 11.3 Å². The van der Waals surface area contributed by atoms with E-state index in [1.165, 1.54) is 0 Å². The molecule has 0 aromatic carbocycles. The maximum absolute atomic E-state index is 12.3. The van der Waals surface area contributed by atoms with Crippen LogP contribution < -0.4 is 0 Å². The first kappa shape index (κ1) is 11.0. The standard InChI is InChI=1S/C5H5FN2O4S2/c1-2-12-4(9)3-7-8-5(13-3)14(6,10)11/h2H2,1H3. The Hall–Kier alpha value is -1.09. The Morgan fingerprint density at radius 1 is 1.57 bits per heavy atom. The molecule has 0 amide bonds. The van der Waals surface area contributed by atoms with E-state index >= 15 is 0 Å². The van der Waals surface area contributed by atoms with E-state index in [-0.39, 0.29) is 11.6 Å². The van der Waals surface area contributed by atoms with Crippen LogP contribution in [0.4, 0.5) is 3.89 Å². The Kier molecular flexibility index (Phi) is 3.11. The topological polar surface area (TPSA) is 86.2 Å². The number of carbonyl (C=O) groups excluding carboxylic acids is 1. The first-order chi connectivity index (χ1) is 6.45. The second-order valence-electron chi connectivity index (χ2n) is 2.03. The molecule has 1 aromatic heterocycles. The lowest BCUT2D eigenvalue weighted by molar-refractivity contribution is 0.0525. The van der Waals surface area contributed by atoms with Crippen LogP contribution in [0, 0.1) is 0 Å². The normalized spacial score (nSPS) is 11.3. The number of esters is 1. The van der Waals surface area contributed by atoms with Gasteiger partial charge in [-0.25, -0.2) is 4.79 Å². The Balaban J connectivity index is 2.94. The van der Waals surface area contributed by atoms with Gasteiger partial charge in [-0.2, -0.15) is 8.42 Å². The molecule has 0 aliphatic rings. The molecule has 0 fully saturated rings. The first-order valence-electron chi connectivity index (χ1n) is 3.40. The SMILES string of the molecule is CCOC(=O)c1nnc(S(=O)(=O)F)s1. The fourth-order valence-corrected chi connectivity index (χ4v) is 1.83. The number of rotatable bonds is 3. The maximum Gasteiger partial charge on any atom is 0.369 e. The minimum atomic E-state index is -4.89. The quantitative estimate of drug-likeness (QED) is 0.560. The molecule has 0 saturated heterocycles. The van der Waals surface area contributed by atoms with Gasteiger partial charge in [-0.3, -0.25) is 0 Å². The van der Waals surface area contributed by atoms with Gasteiger partial charge < -0.3 is 4.74 Å². The van der Waals surface area contributed by atoms with Crippen LogP contribution in [0.5, 0.6) is 0 Å². The van der Waals surface area contributed by atoms with Gasteiger partial charge in [-0.1, -0.05) is 15.2 Å². The summed E-state index contributed by atoms with van der Waals surface area (Å²) in [6, 6.07) is 0. The minimum absolute atomic E-state index is 0.121. The molecule has 0 spiro atoms. The number of carbonyl (C=O) groups is 1. The van der Waals surface area contributed by atoms with Gasteiger partial charge in [0, 0.05) is 0 Å². The van der Waals surface area contributed by atoms with Crippen LogP contribution in [0.1, 0.15) is 16.7 Å². The van der Waals surface area contributed by atoms with E-state index in [4.69, 9.17) is 0 Å². The highest BCUT2D eigenvalue weighted by molar-refractivity contribution is 7.88. The van der Waals surface area contributed by atoms with Crippen LogP contribution in [0.15, 0.2) is 4.34 Å². The second kappa shape index (κ2) is 3.96. The smallest absolute Gasteiger partial charge is 0.369 e. The number of hydrogen-bond donors (Lipinski definition) is 0. The van der Waals surface area contributed by atoms with Gasteiger partial charge in [-0.15, -0.1) is 10.2 Å². The molecule has 78 valence electrons. The molecule has 0 N–H and O–H groups in total. The van der Waals surface area contributed by atoms with Crippen LogP contribution in [0.2, 0.25) is 0 Å². The summed E-state index contributed by atoms with van der Waals surface area (Å²) in [6.07, 6.45) is 0.